The lowest BCUT2D eigenvalue weighted by Gasteiger charge is -2.21. The first-order valence-corrected chi connectivity index (χ1v) is 13.2. The molecule has 3 aromatic carbocycles. The quantitative estimate of drug-likeness (QED) is 0.367. The van der Waals surface area contributed by atoms with Crippen molar-refractivity contribution in [3.8, 4) is 28.4 Å². The molecule has 0 spiro atoms. The highest BCUT2D eigenvalue weighted by molar-refractivity contribution is 7.88. The minimum absolute atomic E-state index is 0.400. The van der Waals surface area contributed by atoms with Crippen molar-refractivity contribution in [2.24, 2.45) is 5.10 Å². The molecule has 0 bridgehead atoms. The molecule has 9 heteroatoms. The van der Waals surface area contributed by atoms with Gasteiger partial charge in [0.2, 0.25) is 10.0 Å². The topological polar surface area (TPSA) is 86.0 Å². The molecule has 1 atom stereocenters. The van der Waals surface area contributed by atoms with Crippen molar-refractivity contribution < 1.29 is 17.9 Å². The maximum atomic E-state index is 12.9. The number of ether oxygens (including phenoxy) is 2. The van der Waals surface area contributed by atoms with E-state index in [1.54, 1.807) is 18.9 Å². The van der Waals surface area contributed by atoms with Gasteiger partial charge in [-0.1, -0.05) is 30.3 Å². The molecule has 0 fully saturated rings. The molecule has 0 aliphatic carbocycles. The van der Waals surface area contributed by atoms with Crippen molar-refractivity contribution >= 4 is 15.7 Å². The number of methoxy groups -OCH3 is 2. The Labute approximate surface area is 210 Å². The van der Waals surface area contributed by atoms with Gasteiger partial charge in [0, 0.05) is 23.7 Å². The lowest BCUT2D eigenvalue weighted by atomic mass is 9.97. The van der Waals surface area contributed by atoms with Crippen molar-refractivity contribution in [2.75, 3.05) is 20.5 Å². The summed E-state index contributed by atoms with van der Waals surface area (Å²) in [5, 5.41) is 9.43. The van der Waals surface area contributed by atoms with Crippen LogP contribution in [0.25, 0.3) is 16.9 Å². The molecule has 1 aliphatic heterocycles. The molecule has 4 aromatic rings. The van der Waals surface area contributed by atoms with Crippen LogP contribution in [0.4, 0.5) is 0 Å². The molecule has 0 saturated heterocycles. The number of sulfonamides is 1. The van der Waals surface area contributed by atoms with E-state index >= 15 is 0 Å². The highest BCUT2D eigenvalue weighted by atomic mass is 32.2. The Morgan fingerprint density at radius 2 is 1.58 bits per heavy atom. The Hall–Kier alpha value is -4.11. The van der Waals surface area contributed by atoms with Gasteiger partial charge in [0.15, 0.2) is 0 Å². The third-order valence-electron chi connectivity index (χ3n) is 6.10. The van der Waals surface area contributed by atoms with Gasteiger partial charge in [0.1, 0.15) is 11.5 Å². The number of benzene rings is 3. The first kappa shape index (κ1) is 23.6. The van der Waals surface area contributed by atoms with E-state index in [4.69, 9.17) is 14.6 Å². The van der Waals surface area contributed by atoms with Crippen LogP contribution < -0.4 is 9.47 Å². The molecule has 36 heavy (non-hydrogen) atoms. The van der Waals surface area contributed by atoms with Crippen molar-refractivity contribution in [3.05, 3.63) is 96.2 Å². The average Bonchev–Trinajstić information content (AvgIpc) is 3.55. The number of rotatable bonds is 7. The molecule has 184 valence electrons. The van der Waals surface area contributed by atoms with Crippen LogP contribution in [0.2, 0.25) is 0 Å². The zero-order valence-electron chi connectivity index (χ0n) is 20.2. The molecular formula is C27H26N4O4S. The minimum atomic E-state index is -3.66. The second-order valence-electron chi connectivity index (χ2n) is 8.48. The SMILES string of the molecule is COc1ccc(C2=NN(S(C)(=O)=O)[C@H](c3cn(-c4ccccc4)nc3-c3cccc(OC)c3)C2)cc1. The number of hydrazone groups is 1. The Morgan fingerprint density at radius 1 is 0.861 bits per heavy atom. The fourth-order valence-electron chi connectivity index (χ4n) is 4.32. The first-order valence-electron chi connectivity index (χ1n) is 11.4. The van der Waals surface area contributed by atoms with Crippen molar-refractivity contribution in [1.29, 1.82) is 0 Å². The van der Waals surface area contributed by atoms with Gasteiger partial charge in [-0.3, -0.25) is 0 Å². The maximum Gasteiger partial charge on any atom is 0.247 e. The van der Waals surface area contributed by atoms with E-state index in [9.17, 15) is 8.42 Å². The van der Waals surface area contributed by atoms with Gasteiger partial charge in [-0.15, -0.1) is 0 Å². The van der Waals surface area contributed by atoms with Crippen LogP contribution in [0.3, 0.4) is 0 Å². The predicted octanol–water partition coefficient (Wildman–Crippen LogP) is 4.67. The summed E-state index contributed by atoms with van der Waals surface area (Å²) >= 11 is 0. The minimum Gasteiger partial charge on any atom is -0.497 e. The number of para-hydroxylation sites is 1. The molecule has 1 aromatic heterocycles. The summed E-state index contributed by atoms with van der Waals surface area (Å²) in [6.07, 6.45) is 3.46. The van der Waals surface area contributed by atoms with E-state index in [1.807, 2.05) is 85.1 Å². The third-order valence-corrected chi connectivity index (χ3v) is 7.12. The fourth-order valence-corrected chi connectivity index (χ4v) is 5.22. The van der Waals surface area contributed by atoms with Crippen LogP contribution >= 0.6 is 0 Å². The molecule has 0 radical (unpaired) electrons. The number of hydrogen-bond donors (Lipinski definition) is 0. The van der Waals surface area contributed by atoms with Gasteiger partial charge in [0.05, 0.1) is 43.6 Å². The molecule has 5 rings (SSSR count). The standard InChI is InChI=1S/C27H26N4O4S/c1-34-22-14-12-19(13-15-22)25-17-26(31(28-25)36(3,32)33)24-18-30(21-9-5-4-6-10-21)29-27(24)20-8-7-11-23(16-20)35-2/h4-16,18,26H,17H2,1-3H3/t26-/m0/s1. The van der Waals surface area contributed by atoms with Crippen molar-refractivity contribution in [2.45, 2.75) is 12.5 Å². The Balaban J connectivity index is 1.63. The summed E-state index contributed by atoms with van der Waals surface area (Å²) in [6.45, 7) is 0. The smallest absolute Gasteiger partial charge is 0.247 e. The average molecular weight is 503 g/mol. The molecule has 0 saturated carbocycles. The Bertz CT molecular complexity index is 1510. The monoisotopic (exact) mass is 502 g/mol. The summed E-state index contributed by atoms with van der Waals surface area (Å²) in [5.74, 6) is 1.41. The highest BCUT2D eigenvalue weighted by Gasteiger charge is 2.37. The second kappa shape index (κ2) is 9.50. The molecule has 0 amide bonds. The van der Waals surface area contributed by atoms with E-state index in [1.165, 1.54) is 10.7 Å². The zero-order valence-corrected chi connectivity index (χ0v) is 21.0. The first-order chi connectivity index (χ1) is 17.4. The maximum absolute atomic E-state index is 12.9. The van der Waals surface area contributed by atoms with Crippen LogP contribution in [-0.4, -0.2) is 48.8 Å². The van der Waals surface area contributed by atoms with Crippen molar-refractivity contribution in [1.82, 2.24) is 14.2 Å². The summed E-state index contributed by atoms with van der Waals surface area (Å²) in [6, 6.07) is 24.2. The lowest BCUT2D eigenvalue weighted by Crippen LogP contribution is -2.26. The summed E-state index contributed by atoms with van der Waals surface area (Å²) in [7, 11) is -0.445. The van der Waals surface area contributed by atoms with E-state index in [2.05, 4.69) is 5.10 Å². The zero-order chi connectivity index (χ0) is 25.3. The van der Waals surface area contributed by atoms with Gasteiger partial charge >= 0.3 is 0 Å². The normalized spacial score (nSPS) is 15.6. The van der Waals surface area contributed by atoms with Gasteiger partial charge in [-0.05, 0) is 54.1 Å². The Morgan fingerprint density at radius 3 is 2.25 bits per heavy atom. The number of aromatic nitrogens is 2. The van der Waals surface area contributed by atoms with Gasteiger partial charge in [0.25, 0.3) is 0 Å². The molecule has 2 heterocycles. The highest BCUT2D eigenvalue weighted by Crippen LogP contribution is 2.40. The summed E-state index contributed by atoms with van der Waals surface area (Å²) in [5.41, 5.74) is 4.63. The van der Waals surface area contributed by atoms with E-state index in [0.29, 0.717) is 23.6 Å². The predicted molar refractivity (Wildman–Crippen MR) is 139 cm³/mol. The molecule has 0 N–H and O–H groups in total. The molecule has 1 aliphatic rings. The summed E-state index contributed by atoms with van der Waals surface area (Å²) in [4.78, 5) is 0. The number of nitrogens with zero attached hydrogens (tertiary/aromatic N) is 4. The van der Waals surface area contributed by atoms with Crippen LogP contribution in [0, 0.1) is 0 Å². The van der Waals surface area contributed by atoms with Gasteiger partial charge < -0.3 is 9.47 Å². The Kier molecular flexibility index (Phi) is 6.24. The van der Waals surface area contributed by atoms with Gasteiger partial charge in [-0.25, -0.2) is 13.1 Å². The van der Waals surface area contributed by atoms with E-state index < -0.39 is 16.1 Å². The molecule has 0 unspecified atom stereocenters. The molecule has 8 nitrogen and oxygen atoms in total. The van der Waals surface area contributed by atoms with Crippen LogP contribution in [-0.2, 0) is 10.0 Å². The van der Waals surface area contributed by atoms with Crippen LogP contribution in [0.1, 0.15) is 23.6 Å². The fraction of sp³-hybridized carbons (Fsp3) is 0.185. The van der Waals surface area contributed by atoms with Crippen LogP contribution in [0.15, 0.2) is 90.2 Å². The number of hydrogen-bond acceptors (Lipinski definition) is 6. The lowest BCUT2D eigenvalue weighted by molar-refractivity contribution is 0.375. The van der Waals surface area contributed by atoms with E-state index in [-0.39, 0.29) is 0 Å². The third kappa shape index (κ3) is 4.57. The second-order valence-corrected chi connectivity index (χ2v) is 10.3. The summed E-state index contributed by atoms with van der Waals surface area (Å²) < 4.78 is 39.4. The van der Waals surface area contributed by atoms with Gasteiger partial charge in [-0.2, -0.15) is 14.6 Å². The largest absolute Gasteiger partial charge is 0.497 e. The van der Waals surface area contributed by atoms with E-state index in [0.717, 1.165) is 28.1 Å². The van der Waals surface area contributed by atoms with Crippen molar-refractivity contribution in [3.63, 3.8) is 0 Å². The van der Waals surface area contributed by atoms with Crippen LogP contribution in [0.5, 0.6) is 11.5 Å². The molecular weight excluding hydrogens is 476 g/mol.